The molecule has 0 unspecified atom stereocenters. The van der Waals surface area contributed by atoms with Crippen LogP contribution in [0.1, 0.15) is 44.1 Å². The summed E-state index contributed by atoms with van der Waals surface area (Å²) in [5.74, 6) is 3.07. The summed E-state index contributed by atoms with van der Waals surface area (Å²) in [6.07, 6.45) is 8.88. The van der Waals surface area contributed by atoms with E-state index >= 15 is 0 Å². The fourth-order valence-corrected chi connectivity index (χ4v) is 6.58. The van der Waals surface area contributed by atoms with E-state index in [2.05, 4.69) is 47.1 Å². The predicted molar refractivity (Wildman–Crippen MR) is 97.5 cm³/mol. The van der Waals surface area contributed by atoms with Crippen LogP contribution in [-0.4, -0.2) is 5.54 Å². The third kappa shape index (κ3) is 2.66. The Morgan fingerprint density at radius 1 is 0.913 bits per heavy atom. The molecule has 6 rings (SSSR count). The molecule has 1 heterocycles. The quantitative estimate of drug-likeness (QED) is 0.786. The van der Waals surface area contributed by atoms with Crippen molar-refractivity contribution in [2.75, 3.05) is 0 Å². The number of thiophene rings is 1. The van der Waals surface area contributed by atoms with E-state index in [1.165, 1.54) is 54.5 Å². The van der Waals surface area contributed by atoms with Crippen molar-refractivity contribution in [2.45, 2.75) is 50.6 Å². The largest absolute Gasteiger partial charge is 0.307 e. The molecule has 0 saturated heterocycles. The molecule has 0 atom stereocenters. The molecular formula is C21H25NS. The first-order valence-electron chi connectivity index (χ1n) is 9.16. The smallest absolute Gasteiger partial charge is 0.0342 e. The van der Waals surface area contributed by atoms with Crippen molar-refractivity contribution in [1.82, 2.24) is 5.32 Å². The van der Waals surface area contributed by atoms with E-state index in [1.54, 1.807) is 0 Å². The van der Waals surface area contributed by atoms with Crippen LogP contribution in [0.3, 0.4) is 0 Å². The van der Waals surface area contributed by atoms with Gasteiger partial charge in [-0.1, -0.05) is 30.3 Å². The van der Waals surface area contributed by atoms with Crippen molar-refractivity contribution < 1.29 is 0 Å². The van der Waals surface area contributed by atoms with Gasteiger partial charge in [-0.25, -0.2) is 0 Å². The maximum Gasteiger partial charge on any atom is 0.0342 e. The van der Waals surface area contributed by atoms with Gasteiger partial charge >= 0.3 is 0 Å². The topological polar surface area (TPSA) is 12.0 Å². The predicted octanol–water partition coefficient (Wildman–Crippen LogP) is 5.47. The van der Waals surface area contributed by atoms with Gasteiger partial charge in [0.2, 0.25) is 0 Å². The summed E-state index contributed by atoms with van der Waals surface area (Å²) in [6.45, 7) is 1.04. The molecule has 0 spiro atoms. The molecule has 23 heavy (non-hydrogen) atoms. The second kappa shape index (κ2) is 5.46. The zero-order valence-electron chi connectivity index (χ0n) is 13.6. The summed E-state index contributed by atoms with van der Waals surface area (Å²) in [5.41, 5.74) is 3.25. The van der Waals surface area contributed by atoms with E-state index < -0.39 is 0 Å². The van der Waals surface area contributed by atoms with Crippen LogP contribution in [0.4, 0.5) is 0 Å². The van der Waals surface area contributed by atoms with E-state index in [0.717, 1.165) is 24.3 Å². The summed E-state index contributed by atoms with van der Waals surface area (Å²) in [7, 11) is 0. The van der Waals surface area contributed by atoms with Gasteiger partial charge < -0.3 is 5.32 Å². The molecule has 0 amide bonds. The molecular weight excluding hydrogens is 298 g/mol. The summed E-state index contributed by atoms with van der Waals surface area (Å²) < 4.78 is 0. The van der Waals surface area contributed by atoms with Gasteiger partial charge in [-0.05, 0) is 78.9 Å². The Morgan fingerprint density at radius 3 is 2.13 bits per heavy atom. The van der Waals surface area contributed by atoms with Gasteiger partial charge in [-0.15, -0.1) is 11.3 Å². The number of benzene rings is 1. The molecule has 120 valence electrons. The van der Waals surface area contributed by atoms with Gasteiger partial charge in [0.05, 0.1) is 0 Å². The molecule has 4 bridgehead atoms. The Balaban J connectivity index is 1.28. The van der Waals surface area contributed by atoms with Gasteiger partial charge in [-0.2, -0.15) is 0 Å². The van der Waals surface area contributed by atoms with E-state index in [4.69, 9.17) is 0 Å². The molecule has 4 saturated carbocycles. The molecule has 4 aliphatic rings. The Kier molecular flexibility index (Phi) is 3.38. The van der Waals surface area contributed by atoms with Crippen molar-refractivity contribution in [3.63, 3.8) is 0 Å². The summed E-state index contributed by atoms with van der Waals surface area (Å²) >= 11 is 1.82. The lowest BCUT2D eigenvalue weighted by Gasteiger charge is -2.57. The average molecular weight is 324 g/mol. The van der Waals surface area contributed by atoms with E-state index in [1.807, 2.05) is 11.3 Å². The molecule has 2 heteroatoms. The molecule has 4 fully saturated rings. The lowest BCUT2D eigenvalue weighted by molar-refractivity contribution is -0.0206. The van der Waals surface area contributed by atoms with Crippen molar-refractivity contribution in [3.8, 4) is 10.4 Å². The first-order chi connectivity index (χ1) is 11.3. The van der Waals surface area contributed by atoms with Gasteiger partial charge in [0.1, 0.15) is 0 Å². The van der Waals surface area contributed by atoms with Gasteiger partial charge in [-0.3, -0.25) is 0 Å². The Hall–Kier alpha value is -1.12. The van der Waals surface area contributed by atoms with Crippen molar-refractivity contribution >= 4 is 11.3 Å². The zero-order chi connectivity index (χ0) is 15.3. The second-order valence-corrected chi connectivity index (χ2v) is 9.17. The van der Waals surface area contributed by atoms with Crippen LogP contribution in [0.5, 0.6) is 0 Å². The van der Waals surface area contributed by atoms with Gasteiger partial charge in [0.25, 0.3) is 0 Å². The highest BCUT2D eigenvalue weighted by atomic mass is 32.1. The van der Waals surface area contributed by atoms with E-state index in [9.17, 15) is 0 Å². The van der Waals surface area contributed by atoms with Crippen LogP contribution < -0.4 is 5.32 Å². The minimum Gasteiger partial charge on any atom is -0.307 e. The van der Waals surface area contributed by atoms with Crippen LogP contribution >= 0.6 is 11.3 Å². The standard InChI is InChI=1S/C21H25NS/c1-2-20(23-7-1)19-5-3-15(4-6-19)14-22-21-11-16-8-17(12-21)10-18(9-16)13-21/h1-7,16-18,22H,8-14H2. The Morgan fingerprint density at radius 2 is 1.57 bits per heavy atom. The van der Waals surface area contributed by atoms with Crippen molar-refractivity contribution in [1.29, 1.82) is 0 Å². The number of rotatable bonds is 4. The van der Waals surface area contributed by atoms with Gasteiger partial charge in [0, 0.05) is 17.0 Å². The van der Waals surface area contributed by atoms with Gasteiger partial charge in [0.15, 0.2) is 0 Å². The maximum absolute atomic E-state index is 4.00. The van der Waals surface area contributed by atoms with E-state index in [0.29, 0.717) is 5.54 Å². The van der Waals surface area contributed by atoms with Crippen LogP contribution in [0, 0.1) is 17.8 Å². The lowest BCUT2D eigenvalue weighted by Crippen LogP contribution is -2.58. The molecule has 0 radical (unpaired) electrons. The minimum absolute atomic E-state index is 0.473. The van der Waals surface area contributed by atoms with Crippen LogP contribution in [-0.2, 0) is 6.54 Å². The summed E-state index contributed by atoms with van der Waals surface area (Å²) in [4.78, 5) is 1.37. The van der Waals surface area contributed by atoms with Crippen LogP contribution in [0.2, 0.25) is 0 Å². The third-order valence-corrected chi connectivity index (χ3v) is 7.38. The number of nitrogens with one attached hydrogen (secondary N) is 1. The average Bonchev–Trinajstić information content (AvgIpc) is 3.07. The third-order valence-electron chi connectivity index (χ3n) is 6.47. The molecule has 0 aliphatic heterocycles. The highest BCUT2D eigenvalue weighted by Crippen LogP contribution is 2.55. The van der Waals surface area contributed by atoms with Crippen LogP contribution in [0.25, 0.3) is 10.4 Å². The molecule has 1 aromatic carbocycles. The Labute approximate surface area is 143 Å². The Bertz CT molecular complexity index is 635. The number of hydrogen-bond acceptors (Lipinski definition) is 2. The fourth-order valence-electron chi connectivity index (χ4n) is 5.85. The molecule has 2 aromatic rings. The molecule has 1 N–H and O–H groups in total. The van der Waals surface area contributed by atoms with Crippen molar-refractivity contribution in [3.05, 3.63) is 47.3 Å². The highest BCUT2D eigenvalue weighted by molar-refractivity contribution is 7.13. The van der Waals surface area contributed by atoms with E-state index in [-0.39, 0.29) is 0 Å². The van der Waals surface area contributed by atoms with Crippen LogP contribution in [0.15, 0.2) is 41.8 Å². The molecule has 1 nitrogen and oxygen atoms in total. The zero-order valence-corrected chi connectivity index (χ0v) is 14.4. The SMILES string of the molecule is c1csc(-c2ccc(CNC34CC5CC(CC(C5)C3)C4)cc2)c1. The van der Waals surface area contributed by atoms with Crippen molar-refractivity contribution in [2.24, 2.45) is 17.8 Å². The minimum atomic E-state index is 0.473. The normalized spacial score (nSPS) is 34.9. The fraction of sp³-hybridized carbons (Fsp3) is 0.524. The lowest BCUT2D eigenvalue weighted by atomic mass is 9.53. The number of hydrogen-bond donors (Lipinski definition) is 1. The molecule has 4 aliphatic carbocycles. The maximum atomic E-state index is 4.00. The highest BCUT2D eigenvalue weighted by Gasteiger charge is 2.50. The summed E-state index contributed by atoms with van der Waals surface area (Å²) in [5, 5.41) is 6.15. The first-order valence-corrected chi connectivity index (χ1v) is 10.0. The summed E-state index contributed by atoms with van der Waals surface area (Å²) in [6, 6.07) is 13.5. The molecule has 1 aromatic heterocycles. The monoisotopic (exact) mass is 323 g/mol. The first kappa shape index (κ1) is 14.2. The second-order valence-electron chi connectivity index (χ2n) is 8.23.